The summed E-state index contributed by atoms with van der Waals surface area (Å²) in [6.07, 6.45) is -2.98. The van der Waals surface area contributed by atoms with Crippen molar-refractivity contribution in [1.29, 1.82) is 0 Å². The summed E-state index contributed by atoms with van der Waals surface area (Å²) in [4.78, 5) is 11.4. The van der Waals surface area contributed by atoms with Gasteiger partial charge in [0.25, 0.3) is 0 Å². The van der Waals surface area contributed by atoms with Crippen LogP contribution in [0.1, 0.15) is 16.1 Å². The van der Waals surface area contributed by atoms with Crippen molar-refractivity contribution in [3.05, 3.63) is 39.6 Å². The van der Waals surface area contributed by atoms with E-state index >= 15 is 0 Å². The largest absolute Gasteiger partial charge is 0.416 e. The quantitative estimate of drug-likeness (QED) is 0.799. The lowest BCUT2D eigenvalue weighted by Gasteiger charge is -2.11. The zero-order valence-electron chi connectivity index (χ0n) is 8.95. The SMILES string of the molecule is O=Cc1cnn(-c2c(Cl)cc(C(F)(F)F)cc2Cl)n1. The van der Waals surface area contributed by atoms with Crippen molar-refractivity contribution in [3.8, 4) is 5.69 Å². The summed E-state index contributed by atoms with van der Waals surface area (Å²) in [7, 11) is 0. The van der Waals surface area contributed by atoms with Gasteiger partial charge in [-0.1, -0.05) is 23.2 Å². The predicted molar refractivity (Wildman–Crippen MR) is 61.8 cm³/mol. The first-order chi connectivity index (χ1) is 8.82. The van der Waals surface area contributed by atoms with Gasteiger partial charge in [-0.05, 0) is 12.1 Å². The first-order valence-corrected chi connectivity index (χ1v) is 5.52. The van der Waals surface area contributed by atoms with E-state index in [-0.39, 0.29) is 21.4 Å². The second-order valence-electron chi connectivity index (χ2n) is 3.46. The van der Waals surface area contributed by atoms with Gasteiger partial charge in [-0.25, -0.2) is 0 Å². The fourth-order valence-electron chi connectivity index (χ4n) is 1.36. The molecule has 2 aromatic rings. The van der Waals surface area contributed by atoms with E-state index in [1.54, 1.807) is 0 Å². The van der Waals surface area contributed by atoms with Crippen LogP contribution in [-0.2, 0) is 6.18 Å². The van der Waals surface area contributed by atoms with E-state index in [1.165, 1.54) is 0 Å². The van der Waals surface area contributed by atoms with Gasteiger partial charge in [0.15, 0.2) is 6.29 Å². The van der Waals surface area contributed by atoms with Gasteiger partial charge in [-0.3, -0.25) is 4.79 Å². The highest BCUT2D eigenvalue weighted by Crippen LogP contribution is 2.36. The normalized spacial score (nSPS) is 11.6. The maximum Gasteiger partial charge on any atom is 0.416 e. The average Bonchev–Trinajstić information content (AvgIpc) is 2.75. The van der Waals surface area contributed by atoms with E-state index in [0.717, 1.165) is 11.0 Å². The summed E-state index contributed by atoms with van der Waals surface area (Å²) in [5, 5.41) is 6.85. The predicted octanol–water partition coefficient (Wildman–Crippen LogP) is 3.41. The van der Waals surface area contributed by atoms with Crippen molar-refractivity contribution >= 4 is 29.5 Å². The Balaban J connectivity index is 2.56. The minimum absolute atomic E-state index is 0.00651. The number of carbonyl (C=O) groups is 1. The maximum absolute atomic E-state index is 12.5. The number of halogens is 5. The van der Waals surface area contributed by atoms with E-state index in [1.807, 2.05) is 0 Å². The molecule has 0 radical (unpaired) electrons. The molecule has 0 unspecified atom stereocenters. The summed E-state index contributed by atoms with van der Waals surface area (Å²) in [5.74, 6) is 0. The molecule has 0 saturated heterocycles. The Morgan fingerprint density at radius 2 is 1.79 bits per heavy atom. The van der Waals surface area contributed by atoms with Crippen molar-refractivity contribution in [2.45, 2.75) is 6.18 Å². The Kier molecular flexibility index (Phi) is 3.51. The highest BCUT2D eigenvalue weighted by Gasteiger charge is 2.32. The third kappa shape index (κ3) is 2.71. The van der Waals surface area contributed by atoms with Gasteiger partial charge in [0.1, 0.15) is 11.4 Å². The highest BCUT2D eigenvalue weighted by atomic mass is 35.5. The molecule has 0 spiro atoms. The molecular weight excluding hydrogens is 306 g/mol. The molecule has 1 heterocycles. The molecule has 2 rings (SSSR count). The maximum atomic E-state index is 12.5. The first kappa shape index (κ1) is 13.8. The number of carbonyl (C=O) groups excluding carboxylic acids is 1. The minimum atomic E-state index is -4.56. The number of benzene rings is 1. The number of rotatable bonds is 2. The van der Waals surface area contributed by atoms with Crippen LogP contribution >= 0.6 is 23.2 Å². The Hall–Kier alpha value is -1.60. The van der Waals surface area contributed by atoms with Gasteiger partial charge >= 0.3 is 6.18 Å². The number of hydrogen-bond donors (Lipinski definition) is 0. The molecule has 0 atom stereocenters. The van der Waals surface area contributed by atoms with Crippen LogP contribution in [0.4, 0.5) is 13.2 Å². The van der Waals surface area contributed by atoms with Crippen LogP contribution in [0.15, 0.2) is 18.3 Å². The summed E-state index contributed by atoms with van der Waals surface area (Å²) >= 11 is 11.5. The Morgan fingerprint density at radius 1 is 1.21 bits per heavy atom. The molecule has 4 nitrogen and oxygen atoms in total. The van der Waals surface area contributed by atoms with Gasteiger partial charge < -0.3 is 0 Å². The molecule has 0 bridgehead atoms. The van der Waals surface area contributed by atoms with E-state index in [9.17, 15) is 18.0 Å². The van der Waals surface area contributed by atoms with E-state index in [4.69, 9.17) is 23.2 Å². The van der Waals surface area contributed by atoms with Gasteiger partial charge in [0, 0.05) is 0 Å². The molecule has 0 saturated carbocycles. The topological polar surface area (TPSA) is 47.8 Å². The summed E-state index contributed by atoms with van der Waals surface area (Å²) < 4.78 is 37.6. The lowest BCUT2D eigenvalue weighted by atomic mass is 10.2. The Morgan fingerprint density at radius 3 is 2.21 bits per heavy atom. The molecule has 0 aliphatic heterocycles. The number of alkyl halides is 3. The minimum Gasteiger partial charge on any atom is -0.296 e. The van der Waals surface area contributed by atoms with Crippen molar-refractivity contribution in [3.63, 3.8) is 0 Å². The van der Waals surface area contributed by atoms with Crippen LogP contribution in [0.2, 0.25) is 10.0 Å². The lowest BCUT2D eigenvalue weighted by Crippen LogP contribution is -2.08. The molecule has 100 valence electrons. The molecule has 0 aliphatic carbocycles. The molecule has 0 aliphatic rings. The van der Waals surface area contributed by atoms with Gasteiger partial charge in [-0.2, -0.15) is 18.3 Å². The highest BCUT2D eigenvalue weighted by molar-refractivity contribution is 6.37. The number of aromatic nitrogens is 3. The molecular formula is C10H4Cl2F3N3O. The number of nitrogens with zero attached hydrogens (tertiary/aromatic N) is 3. The molecule has 0 amide bonds. The summed E-state index contributed by atoms with van der Waals surface area (Å²) in [6.45, 7) is 0. The monoisotopic (exact) mass is 309 g/mol. The van der Waals surface area contributed by atoms with Gasteiger partial charge in [-0.15, -0.1) is 9.90 Å². The third-order valence-electron chi connectivity index (χ3n) is 2.17. The van der Waals surface area contributed by atoms with Crippen molar-refractivity contribution in [2.24, 2.45) is 0 Å². The van der Waals surface area contributed by atoms with Crippen molar-refractivity contribution in [2.75, 3.05) is 0 Å². The fraction of sp³-hybridized carbons (Fsp3) is 0.100. The lowest BCUT2D eigenvalue weighted by molar-refractivity contribution is -0.137. The molecule has 9 heteroatoms. The van der Waals surface area contributed by atoms with Gasteiger partial charge in [0.05, 0.1) is 21.8 Å². The molecule has 0 N–H and O–H groups in total. The Labute approximate surface area is 114 Å². The van der Waals surface area contributed by atoms with Gasteiger partial charge in [0.2, 0.25) is 0 Å². The average molecular weight is 310 g/mol. The van der Waals surface area contributed by atoms with E-state index in [2.05, 4.69) is 10.2 Å². The van der Waals surface area contributed by atoms with Crippen LogP contribution in [0.25, 0.3) is 5.69 Å². The first-order valence-electron chi connectivity index (χ1n) is 4.77. The van der Waals surface area contributed by atoms with Crippen LogP contribution in [0.3, 0.4) is 0 Å². The second kappa shape index (κ2) is 4.82. The molecule has 1 aromatic heterocycles. The number of hydrogen-bond acceptors (Lipinski definition) is 3. The van der Waals surface area contributed by atoms with Crippen molar-refractivity contribution in [1.82, 2.24) is 15.0 Å². The molecule has 19 heavy (non-hydrogen) atoms. The van der Waals surface area contributed by atoms with Crippen molar-refractivity contribution < 1.29 is 18.0 Å². The third-order valence-corrected chi connectivity index (χ3v) is 2.75. The molecule has 0 fully saturated rings. The second-order valence-corrected chi connectivity index (χ2v) is 4.28. The van der Waals surface area contributed by atoms with E-state index < -0.39 is 11.7 Å². The summed E-state index contributed by atoms with van der Waals surface area (Å²) in [6, 6.07) is 1.43. The van der Waals surface area contributed by atoms with Crippen LogP contribution < -0.4 is 0 Å². The smallest absolute Gasteiger partial charge is 0.296 e. The Bertz CT molecular complexity index is 616. The zero-order valence-corrected chi connectivity index (χ0v) is 10.5. The van der Waals surface area contributed by atoms with Crippen LogP contribution in [-0.4, -0.2) is 21.3 Å². The zero-order chi connectivity index (χ0) is 14.2. The van der Waals surface area contributed by atoms with Crippen LogP contribution in [0.5, 0.6) is 0 Å². The fourth-order valence-corrected chi connectivity index (χ4v) is 2.00. The standard InChI is InChI=1S/C10H4Cl2F3N3O/c11-7-1-5(10(13,14)15)2-8(12)9(7)18-16-3-6(4-19)17-18/h1-4H. The number of aldehydes is 1. The molecule has 1 aromatic carbocycles. The van der Waals surface area contributed by atoms with Crippen LogP contribution in [0, 0.1) is 0 Å². The van der Waals surface area contributed by atoms with E-state index in [0.29, 0.717) is 18.4 Å². The summed E-state index contributed by atoms with van der Waals surface area (Å²) in [5.41, 5.74) is -0.995.